The van der Waals surface area contributed by atoms with E-state index in [0.717, 1.165) is 4.90 Å². The molecule has 2 aromatic rings. The molecule has 0 atom stereocenters. The molecule has 0 bridgehead atoms. The van der Waals surface area contributed by atoms with Crippen molar-refractivity contribution in [3.63, 3.8) is 0 Å². The van der Waals surface area contributed by atoms with Crippen molar-refractivity contribution >= 4 is 78.4 Å². The van der Waals surface area contributed by atoms with Crippen LogP contribution in [-0.4, -0.2) is 46.2 Å². The molecule has 1 fully saturated rings. The third-order valence-electron chi connectivity index (χ3n) is 3.96. The molecule has 1 aliphatic heterocycles. The molecule has 1 saturated heterocycles. The van der Waals surface area contributed by atoms with Crippen LogP contribution in [0.25, 0.3) is 6.08 Å². The Kier molecular flexibility index (Phi) is 7.69. The number of carbonyl (C=O) groups excluding carboxylic acids is 3. The third kappa shape index (κ3) is 5.96. The summed E-state index contributed by atoms with van der Waals surface area (Å²) in [6.07, 6.45) is 1.47. The van der Waals surface area contributed by atoms with E-state index in [4.69, 9.17) is 9.84 Å². The van der Waals surface area contributed by atoms with E-state index in [0.29, 0.717) is 32.0 Å². The zero-order valence-electron chi connectivity index (χ0n) is 15.9. The second-order valence-corrected chi connectivity index (χ2v) is 9.02. The van der Waals surface area contributed by atoms with Crippen molar-refractivity contribution in [2.24, 2.45) is 0 Å². The summed E-state index contributed by atoms with van der Waals surface area (Å²) in [6, 6.07) is 8.26. The van der Waals surface area contributed by atoms with Gasteiger partial charge in [-0.1, -0.05) is 0 Å². The van der Waals surface area contributed by atoms with Crippen molar-refractivity contribution < 1.29 is 33.4 Å². The SMILES string of the molecule is O=C(O)COc1c(Br)cc(/C=C2\SC(=O)N(CC(=O)Nc3ccc(F)cc3)C2=O)cc1Br. The average molecular weight is 588 g/mol. The number of imide groups is 1. The maximum atomic E-state index is 13.0. The maximum Gasteiger partial charge on any atom is 0.341 e. The van der Waals surface area contributed by atoms with Crippen LogP contribution in [0, 0.1) is 5.82 Å². The molecule has 0 aromatic heterocycles. The Balaban J connectivity index is 1.71. The van der Waals surface area contributed by atoms with Crippen LogP contribution >= 0.6 is 43.6 Å². The number of carboxylic acid groups (broad SMARTS) is 1. The van der Waals surface area contributed by atoms with E-state index >= 15 is 0 Å². The van der Waals surface area contributed by atoms with Gasteiger partial charge in [0.1, 0.15) is 18.1 Å². The first kappa shape index (κ1) is 24.0. The van der Waals surface area contributed by atoms with Crippen LogP contribution in [0.2, 0.25) is 0 Å². The summed E-state index contributed by atoms with van der Waals surface area (Å²) in [7, 11) is 0. The van der Waals surface area contributed by atoms with E-state index in [-0.39, 0.29) is 10.7 Å². The van der Waals surface area contributed by atoms with Gasteiger partial charge in [-0.2, -0.15) is 0 Å². The first-order chi connectivity index (χ1) is 15.1. The summed E-state index contributed by atoms with van der Waals surface area (Å²) in [5.41, 5.74) is 0.867. The summed E-state index contributed by atoms with van der Waals surface area (Å²) >= 11 is 7.25. The van der Waals surface area contributed by atoms with E-state index in [9.17, 15) is 23.6 Å². The highest BCUT2D eigenvalue weighted by molar-refractivity contribution is 9.11. The molecule has 1 aliphatic rings. The Morgan fingerprint density at radius 3 is 2.38 bits per heavy atom. The lowest BCUT2D eigenvalue weighted by atomic mass is 10.2. The molecular weight excluding hydrogens is 575 g/mol. The Hall–Kier alpha value is -2.70. The topological polar surface area (TPSA) is 113 Å². The van der Waals surface area contributed by atoms with Crippen molar-refractivity contribution in [3.05, 3.63) is 61.6 Å². The largest absolute Gasteiger partial charge is 0.480 e. The van der Waals surface area contributed by atoms with Crippen molar-refractivity contribution in [3.8, 4) is 5.75 Å². The van der Waals surface area contributed by atoms with Crippen LogP contribution in [0.15, 0.2) is 50.2 Å². The number of amides is 3. The minimum absolute atomic E-state index is 0.114. The first-order valence-corrected chi connectivity index (χ1v) is 11.2. The number of thioether (sulfide) groups is 1. The number of anilines is 1. The molecule has 0 spiro atoms. The Bertz CT molecular complexity index is 1120. The van der Waals surface area contributed by atoms with Gasteiger partial charge in [0.05, 0.1) is 13.9 Å². The van der Waals surface area contributed by atoms with Crippen LogP contribution in [0.5, 0.6) is 5.75 Å². The van der Waals surface area contributed by atoms with Crippen molar-refractivity contribution in [2.75, 3.05) is 18.5 Å². The smallest absolute Gasteiger partial charge is 0.341 e. The van der Waals surface area contributed by atoms with E-state index in [2.05, 4.69) is 37.2 Å². The third-order valence-corrected chi connectivity index (χ3v) is 6.05. The lowest BCUT2D eigenvalue weighted by Crippen LogP contribution is -2.36. The number of rotatable bonds is 7. The van der Waals surface area contributed by atoms with E-state index < -0.39 is 42.0 Å². The fourth-order valence-electron chi connectivity index (χ4n) is 2.60. The zero-order valence-corrected chi connectivity index (χ0v) is 19.9. The van der Waals surface area contributed by atoms with Crippen LogP contribution in [0.4, 0.5) is 14.9 Å². The number of hydrogen-bond acceptors (Lipinski definition) is 6. The van der Waals surface area contributed by atoms with E-state index in [1.807, 2.05) is 0 Å². The van der Waals surface area contributed by atoms with Crippen molar-refractivity contribution in [2.45, 2.75) is 0 Å². The molecule has 0 unspecified atom stereocenters. The molecular formula is C20H13Br2FN2O6S. The van der Waals surface area contributed by atoms with Crippen LogP contribution in [0.3, 0.4) is 0 Å². The molecule has 8 nitrogen and oxygen atoms in total. The second-order valence-electron chi connectivity index (χ2n) is 6.32. The van der Waals surface area contributed by atoms with Crippen molar-refractivity contribution in [1.29, 1.82) is 0 Å². The van der Waals surface area contributed by atoms with Gasteiger partial charge in [0.25, 0.3) is 11.1 Å². The molecule has 2 aromatic carbocycles. The molecule has 3 amide bonds. The standard InChI is InChI=1S/C20H13Br2FN2O6S/c21-13-5-10(6-14(22)18(13)31-9-17(27)28)7-15-19(29)25(20(30)32-15)8-16(26)24-12-3-1-11(23)2-4-12/h1-7H,8-9H2,(H,24,26)(H,27,28)/b15-7-. The van der Waals surface area contributed by atoms with Gasteiger partial charge in [0, 0.05) is 5.69 Å². The summed E-state index contributed by atoms with van der Waals surface area (Å²) in [5.74, 6) is -2.56. The summed E-state index contributed by atoms with van der Waals surface area (Å²) < 4.78 is 19.0. The molecule has 2 N–H and O–H groups in total. The molecule has 166 valence electrons. The first-order valence-electron chi connectivity index (χ1n) is 8.78. The number of hydrogen-bond donors (Lipinski definition) is 2. The van der Waals surface area contributed by atoms with Gasteiger partial charge in [0.2, 0.25) is 5.91 Å². The normalized spacial score (nSPS) is 14.7. The van der Waals surface area contributed by atoms with Gasteiger partial charge >= 0.3 is 5.97 Å². The molecule has 0 aliphatic carbocycles. The quantitative estimate of drug-likeness (QED) is 0.459. The number of aliphatic carboxylic acids is 1. The summed E-state index contributed by atoms with van der Waals surface area (Å²) in [6.45, 7) is -1.02. The van der Waals surface area contributed by atoms with Gasteiger partial charge in [-0.15, -0.1) is 0 Å². The lowest BCUT2D eigenvalue weighted by Gasteiger charge is -2.12. The minimum atomic E-state index is -1.13. The molecule has 0 radical (unpaired) electrons. The zero-order chi connectivity index (χ0) is 23.4. The van der Waals surface area contributed by atoms with E-state index in [1.54, 1.807) is 12.1 Å². The summed E-state index contributed by atoms with van der Waals surface area (Å²) in [4.78, 5) is 48.7. The number of ether oxygens (including phenoxy) is 1. The van der Waals surface area contributed by atoms with Crippen LogP contribution < -0.4 is 10.1 Å². The molecule has 0 saturated carbocycles. The fourth-order valence-corrected chi connectivity index (χ4v) is 4.89. The maximum absolute atomic E-state index is 13.0. The van der Waals surface area contributed by atoms with Gasteiger partial charge < -0.3 is 15.2 Å². The highest BCUT2D eigenvalue weighted by Gasteiger charge is 2.36. The molecule has 1 heterocycles. The number of nitrogens with zero attached hydrogens (tertiary/aromatic N) is 1. The Labute approximate surface area is 202 Å². The van der Waals surface area contributed by atoms with E-state index in [1.165, 1.54) is 30.3 Å². The monoisotopic (exact) mass is 586 g/mol. The van der Waals surface area contributed by atoms with Gasteiger partial charge in [-0.25, -0.2) is 9.18 Å². The predicted molar refractivity (Wildman–Crippen MR) is 123 cm³/mol. The Morgan fingerprint density at radius 2 is 1.78 bits per heavy atom. The minimum Gasteiger partial charge on any atom is -0.480 e. The molecule has 12 heteroatoms. The fraction of sp³-hybridized carbons (Fsp3) is 0.100. The number of benzene rings is 2. The van der Waals surface area contributed by atoms with Crippen LogP contribution in [-0.2, 0) is 14.4 Å². The molecule has 3 rings (SSSR count). The Morgan fingerprint density at radius 1 is 1.16 bits per heavy atom. The van der Waals surface area contributed by atoms with Gasteiger partial charge in [0.15, 0.2) is 6.61 Å². The lowest BCUT2D eigenvalue weighted by molar-refractivity contribution is -0.139. The van der Waals surface area contributed by atoms with Gasteiger partial charge in [-0.05, 0) is 91.7 Å². The highest BCUT2D eigenvalue weighted by atomic mass is 79.9. The molecule has 32 heavy (non-hydrogen) atoms. The van der Waals surface area contributed by atoms with Gasteiger partial charge in [-0.3, -0.25) is 19.3 Å². The summed E-state index contributed by atoms with van der Waals surface area (Å²) in [5, 5.41) is 10.6. The number of carbonyl (C=O) groups is 4. The van der Waals surface area contributed by atoms with Crippen molar-refractivity contribution in [1.82, 2.24) is 4.90 Å². The predicted octanol–water partition coefficient (Wildman–Crippen LogP) is 4.49. The number of carboxylic acids is 1. The highest BCUT2D eigenvalue weighted by Crippen LogP contribution is 2.37. The average Bonchev–Trinajstić information content (AvgIpc) is 2.96. The number of nitrogens with one attached hydrogen (secondary N) is 1. The van der Waals surface area contributed by atoms with Crippen LogP contribution in [0.1, 0.15) is 5.56 Å². The second kappa shape index (κ2) is 10.3. The number of halogens is 3.